The average molecular weight is 327 g/mol. The minimum absolute atomic E-state index is 0.0743. The van der Waals surface area contributed by atoms with Crippen molar-refractivity contribution in [3.8, 4) is 5.75 Å². The Bertz CT molecular complexity index is 555. The number of rotatable bonds is 4. The predicted molar refractivity (Wildman–Crippen MR) is 74.7 cm³/mol. The number of alkyl halides is 1. The monoisotopic (exact) mass is 326 g/mol. The van der Waals surface area contributed by atoms with Gasteiger partial charge in [-0.05, 0) is 35.7 Å². The maximum Gasteiger partial charge on any atom is 0.162 e. The van der Waals surface area contributed by atoms with E-state index in [2.05, 4.69) is 15.9 Å². The molecule has 4 heteroatoms. The summed E-state index contributed by atoms with van der Waals surface area (Å²) in [6.07, 6.45) is 0.385. The fourth-order valence-electron chi connectivity index (χ4n) is 1.83. The third-order valence-electron chi connectivity index (χ3n) is 2.91. The number of methoxy groups -OCH3 is 1. The van der Waals surface area contributed by atoms with Crippen molar-refractivity contribution in [2.45, 2.75) is 11.2 Å². The molecule has 2 aromatic rings. The molecule has 0 saturated carbocycles. The summed E-state index contributed by atoms with van der Waals surface area (Å²) in [6.45, 7) is 0. The van der Waals surface area contributed by atoms with Crippen LogP contribution in [0.3, 0.4) is 0 Å². The van der Waals surface area contributed by atoms with Gasteiger partial charge in [-0.1, -0.05) is 40.2 Å². The van der Waals surface area contributed by atoms with Gasteiger partial charge in [0.15, 0.2) is 11.6 Å². The molecule has 0 aliphatic heterocycles. The first-order valence-electron chi connectivity index (χ1n) is 5.82. The molecule has 0 aliphatic rings. The van der Waals surface area contributed by atoms with Crippen LogP contribution in [0.2, 0.25) is 0 Å². The summed E-state index contributed by atoms with van der Waals surface area (Å²) in [5, 5.41) is 0. The first kappa shape index (κ1) is 14.0. The quantitative estimate of drug-likeness (QED) is 0.743. The standard InChI is InChI=1S/C15H13BrF2O/c1-19-12-7-5-10(6-8-12)13(16)9-11-3-2-4-14(17)15(11)18/h2-8,13H,9H2,1H3. The highest BCUT2D eigenvalue weighted by molar-refractivity contribution is 9.09. The Labute approximate surface area is 119 Å². The molecule has 0 heterocycles. The fourth-order valence-corrected chi connectivity index (χ4v) is 2.48. The highest BCUT2D eigenvalue weighted by Gasteiger charge is 2.13. The molecule has 2 rings (SSSR count). The number of benzene rings is 2. The molecule has 100 valence electrons. The SMILES string of the molecule is COc1ccc(C(Br)Cc2cccc(F)c2F)cc1. The molecular weight excluding hydrogens is 314 g/mol. The van der Waals surface area contributed by atoms with Crippen LogP contribution in [0.1, 0.15) is 16.0 Å². The Morgan fingerprint density at radius 1 is 1.11 bits per heavy atom. The maximum atomic E-state index is 13.6. The number of hydrogen-bond acceptors (Lipinski definition) is 1. The highest BCUT2D eigenvalue weighted by atomic mass is 79.9. The normalized spacial score (nSPS) is 12.2. The van der Waals surface area contributed by atoms with Gasteiger partial charge in [-0.25, -0.2) is 8.78 Å². The summed E-state index contributed by atoms with van der Waals surface area (Å²) in [6, 6.07) is 11.7. The molecule has 19 heavy (non-hydrogen) atoms. The number of hydrogen-bond donors (Lipinski definition) is 0. The molecule has 0 saturated heterocycles. The molecule has 0 aromatic heterocycles. The van der Waals surface area contributed by atoms with E-state index < -0.39 is 11.6 Å². The molecule has 0 aliphatic carbocycles. The van der Waals surface area contributed by atoms with E-state index in [9.17, 15) is 8.78 Å². The largest absolute Gasteiger partial charge is 0.497 e. The summed E-state index contributed by atoms with van der Waals surface area (Å²) in [5.41, 5.74) is 1.35. The van der Waals surface area contributed by atoms with E-state index >= 15 is 0 Å². The Morgan fingerprint density at radius 3 is 2.42 bits per heavy atom. The van der Waals surface area contributed by atoms with E-state index in [-0.39, 0.29) is 4.83 Å². The van der Waals surface area contributed by atoms with Crippen LogP contribution in [0.5, 0.6) is 5.75 Å². The summed E-state index contributed by atoms with van der Waals surface area (Å²) < 4.78 is 31.8. The maximum absolute atomic E-state index is 13.6. The van der Waals surface area contributed by atoms with Gasteiger partial charge in [0.05, 0.1) is 7.11 Å². The van der Waals surface area contributed by atoms with Gasteiger partial charge in [0.2, 0.25) is 0 Å². The van der Waals surface area contributed by atoms with Gasteiger partial charge in [-0.2, -0.15) is 0 Å². The molecule has 0 N–H and O–H groups in total. The number of halogens is 3. The van der Waals surface area contributed by atoms with E-state index in [0.29, 0.717) is 12.0 Å². The molecule has 1 unspecified atom stereocenters. The molecule has 1 atom stereocenters. The highest BCUT2D eigenvalue weighted by Crippen LogP contribution is 2.29. The third kappa shape index (κ3) is 3.32. The van der Waals surface area contributed by atoms with Crippen molar-refractivity contribution >= 4 is 15.9 Å². The zero-order valence-electron chi connectivity index (χ0n) is 10.4. The second kappa shape index (κ2) is 6.15. The Morgan fingerprint density at radius 2 is 1.79 bits per heavy atom. The summed E-state index contributed by atoms with van der Waals surface area (Å²) in [4.78, 5) is -0.0743. The van der Waals surface area contributed by atoms with Crippen molar-refractivity contribution < 1.29 is 13.5 Å². The van der Waals surface area contributed by atoms with E-state index in [1.165, 1.54) is 6.07 Å². The molecule has 2 aromatic carbocycles. The lowest BCUT2D eigenvalue weighted by Crippen LogP contribution is -2.00. The number of ether oxygens (including phenoxy) is 1. The van der Waals surface area contributed by atoms with Crippen molar-refractivity contribution in [3.05, 3.63) is 65.2 Å². The van der Waals surface area contributed by atoms with Gasteiger partial charge < -0.3 is 4.74 Å². The van der Waals surface area contributed by atoms with E-state index in [1.807, 2.05) is 24.3 Å². The first-order chi connectivity index (χ1) is 9.11. The smallest absolute Gasteiger partial charge is 0.162 e. The van der Waals surface area contributed by atoms with Gasteiger partial charge in [-0.3, -0.25) is 0 Å². The van der Waals surface area contributed by atoms with Crippen molar-refractivity contribution in [2.75, 3.05) is 7.11 Å². The van der Waals surface area contributed by atoms with E-state index in [0.717, 1.165) is 17.4 Å². The summed E-state index contributed by atoms with van der Waals surface area (Å²) in [5.74, 6) is -0.826. The zero-order valence-corrected chi connectivity index (χ0v) is 12.0. The summed E-state index contributed by atoms with van der Waals surface area (Å²) >= 11 is 3.50. The molecule has 0 radical (unpaired) electrons. The topological polar surface area (TPSA) is 9.23 Å². The fraction of sp³-hybridized carbons (Fsp3) is 0.200. The van der Waals surface area contributed by atoms with Gasteiger partial charge in [0.25, 0.3) is 0 Å². The molecule has 1 nitrogen and oxygen atoms in total. The van der Waals surface area contributed by atoms with Crippen LogP contribution in [0.25, 0.3) is 0 Å². The van der Waals surface area contributed by atoms with Gasteiger partial charge >= 0.3 is 0 Å². The van der Waals surface area contributed by atoms with Crippen LogP contribution in [-0.2, 0) is 6.42 Å². The second-order valence-electron chi connectivity index (χ2n) is 4.16. The lowest BCUT2D eigenvalue weighted by Gasteiger charge is -2.12. The molecule has 0 fully saturated rings. The van der Waals surface area contributed by atoms with Crippen LogP contribution in [0.4, 0.5) is 8.78 Å². The molecule has 0 spiro atoms. The van der Waals surface area contributed by atoms with Crippen molar-refractivity contribution in [1.82, 2.24) is 0 Å². The predicted octanol–water partition coefficient (Wildman–Crippen LogP) is 4.65. The van der Waals surface area contributed by atoms with Crippen LogP contribution in [0.15, 0.2) is 42.5 Å². The van der Waals surface area contributed by atoms with Crippen LogP contribution >= 0.6 is 15.9 Å². The molecule has 0 bridgehead atoms. The van der Waals surface area contributed by atoms with E-state index in [1.54, 1.807) is 13.2 Å². The first-order valence-corrected chi connectivity index (χ1v) is 6.74. The van der Waals surface area contributed by atoms with Gasteiger partial charge in [0.1, 0.15) is 5.75 Å². The zero-order chi connectivity index (χ0) is 13.8. The average Bonchev–Trinajstić information content (AvgIpc) is 2.44. The summed E-state index contributed by atoms with van der Waals surface area (Å²) in [7, 11) is 1.60. The van der Waals surface area contributed by atoms with Crippen molar-refractivity contribution in [1.29, 1.82) is 0 Å². The van der Waals surface area contributed by atoms with Gasteiger partial charge in [-0.15, -0.1) is 0 Å². The van der Waals surface area contributed by atoms with Crippen molar-refractivity contribution in [2.24, 2.45) is 0 Å². The lowest BCUT2D eigenvalue weighted by molar-refractivity contribution is 0.414. The lowest BCUT2D eigenvalue weighted by atomic mass is 10.0. The minimum Gasteiger partial charge on any atom is -0.497 e. The van der Waals surface area contributed by atoms with Crippen molar-refractivity contribution in [3.63, 3.8) is 0 Å². The van der Waals surface area contributed by atoms with Crippen LogP contribution in [0, 0.1) is 11.6 Å². The minimum atomic E-state index is -0.813. The molecular formula is C15H13BrF2O. The Kier molecular flexibility index (Phi) is 4.53. The molecule has 0 amide bonds. The second-order valence-corrected chi connectivity index (χ2v) is 5.26. The van der Waals surface area contributed by atoms with Crippen LogP contribution in [-0.4, -0.2) is 7.11 Å². The van der Waals surface area contributed by atoms with Crippen LogP contribution < -0.4 is 4.74 Å². The Hall–Kier alpha value is -1.42. The Balaban J connectivity index is 2.15. The third-order valence-corrected chi connectivity index (χ3v) is 3.76. The van der Waals surface area contributed by atoms with E-state index in [4.69, 9.17) is 4.74 Å². The van der Waals surface area contributed by atoms with Gasteiger partial charge in [0, 0.05) is 4.83 Å².